The van der Waals surface area contributed by atoms with Gasteiger partial charge in [-0.1, -0.05) is 55.8 Å². The minimum Gasteiger partial charge on any atom is -0.309 e. The number of rotatable bonds is 7. The van der Waals surface area contributed by atoms with Crippen LogP contribution in [0.1, 0.15) is 54.2 Å². The predicted molar refractivity (Wildman–Crippen MR) is 121 cm³/mol. The Bertz CT molecular complexity index is 1130. The van der Waals surface area contributed by atoms with Crippen molar-refractivity contribution in [3.05, 3.63) is 98.2 Å². The first-order valence-corrected chi connectivity index (χ1v) is 10.9. The Labute approximate surface area is 174 Å². The number of H-pyrrole nitrogens is 1. The summed E-state index contributed by atoms with van der Waals surface area (Å²) in [5.41, 5.74) is 3.18. The fraction of sp³-hybridized carbons (Fsp3) is 0.250. The Morgan fingerprint density at radius 3 is 2.59 bits per heavy atom. The van der Waals surface area contributed by atoms with Crippen LogP contribution in [0, 0.1) is 0 Å². The van der Waals surface area contributed by atoms with Crippen molar-refractivity contribution in [1.29, 1.82) is 0 Å². The Morgan fingerprint density at radius 1 is 1.07 bits per heavy atom. The summed E-state index contributed by atoms with van der Waals surface area (Å²) in [7, 11) is 0. The lowest BCUT2D eigenvalue weighted by atomic mass is 10.0. The molecule has 2 atom stereocenters. The number of nitrogens with zero attached hydrogens (tertiary/aromatic N) is 1. The van der Waals surface area contributed by atoms with Crippen molar-refractivity contribution in [2.75, 3.05) is 0 Å². The molecule has 0 aliphatic rings. The van der Waals surface area contributed by atoms with E-state index in [9.17, 15) is 4.79 Å². The van der Waals surface area contributed by atoms with Crippen LogP contribution in [-0.4, -0.2) is 9.97 Å². The van der Waals surface area contributed by atoms with E-state index in [4.69, 9.17) is 0 Å². The molecule has 0 saturated carbocycles. The first kappa shape index (κ1) is 19.6. The number of hydrogen-bond donors (Lipinski definition) is 2. The maximum atomic E-state index is 12.5. The minimum absolute atomic E-state index is 0.0393. The van der Waals surface area contributed by atoms with Crippen LogP contribution in [0.2, 0.25) is 0 Å². The average Bonchev–Trinajstić information content (AvgIpc) is 3.27. The third-order valence-electron chi connectivity index (χ3n) is 5.14. The zero-order chi connectivity index (χ0) is 20.2. The quantitative estimate of drug-likeness (QED) is 0.436. The first-order valence-electron chi connectivity index (χ1n) is 10.0. The van der Waals surface area contributed by atoms with Crippen LogP contribution < -0.4 is 10.9 Å². The Hall–Kier alpha value is -2.76. The molecule has 0 spiro atoms. The SMILES string of the molecule is CCCc1ccc([C@@H](N[C@@H](C)c2nc3ccccc3c(=O)[nH]2)c2cccs2)cc1. The van der Waals surface area contributed by atoms with E-state index in [2.05, 4.69) is 64.0 Å². The highest BCUT2D eigenvalue weighted by Gasteiger charge is 2.20. The van der Waals surface area contributed by atoms with Crippen molar-refractivity contribution in [3.8, 4) is 0 Å². The smallest absolute Gasteiger partial charge is 0.258 e. The van der Waals surface area contributed by atoms with Gasteiger partial charge in [0, 0.05) is 4.88 Å². The zero-order valence-electron chi connectivity index (χ0n) is 16.7. The summed E-state index contributed by atoms with van der Waals surface area (Å²) >= 11 is 1.73. The number of aryl methyl sites for hydroxylation is 1. The predicted octanol–water partition coefficient (Wildman–Crippen LogP) is 5.38. The van der Waals surface area contributed by atoms with E-state index in [1.54, 1.807) is 17.4 Å². The number of benzene rings is 2. The molecule has 0 unspecified atom stereocenters. The molecule has 0 fully saturated rings. The van der Waals surface area contributed by atoms with Gasteiger partial charge in [-0.2, -0.15) is 0 Å². The van der Waals surface area contributed by atoms with Crippen LogP contribution in [0.3, 0.4) is 0 Å². The van der Waals surface area contributed by atoms with Gasteiger partial charge in [0.15, 0.2) is 0 Å². The van der Waals surface area contributed by atoms with Gasteiger partial charge in [-0.3, -0.25) is 10.1 Å². The molecule has 0 aliphatic heterocycles. The molecule has 0 radical (unpaired) electrons. The monoisotopic (exact) mass is 403 g/mol. The largest absolute Gasteiger partial charge is 0.309 e. The summed E-state index contributed by atoms with van der Waals surface area (Å²) in [4.78, 5) is 21.3. The topological polar surface area (TPSA) is 57.8 Å². The highest BCUT2D eigenvalue weighted by atomic mass is 32.1. The molecular weight excluding hydrogens is 378 g/mol. The van der Waals surface area contributed by atoms with Crippen molar-refractivity contribution in [2.45, 2.75) is 38.8 Å². The van der Waals surface area contributed by atoms with Crippen LogP contribution in [0.5, 0.6) is 0 Å². The highest BCUT2D eigenvalue weighted by Crippen LogP contribution is 2.29. The van der Waals surface area contributed by atoms with E-state index in [1.807, 2.05) is 25.1 Å². The number of thiophene rings is 1. The second-order valence-electron chi connectivity index (χ2n) is 7.30. The Kier molecular flexibility index (Phi) is 5.88. The van der Waals surface area contributed by atoms with E-state index in [-0.39, 0.29) is 17.6 Å². The molecule has 2 N–H and O–H groups in total. The van der Waals surface area contributed by atoms with Gasteiger partial charge < -0.3 is 4.98 Å². The van der Waals surface area contributed by atoms with Crippen LogP contribution >= 0.6 is 11.3 Å². The molecule has 4 nitrogen and oxygen atoms in total. The maximum Gasteiger partial charge on any atom is 0.258 e. The zero-order valence-corrected chi connectivity index (χ0v) is 17.5. The van der Waals surface area contributed by atoms with Gasteiger partial charge in [-0.05, 0) is 48.1 Å². The third-order valence-corrected chi connectivity index (χ3v) is 6.07. The molecule has 2 heterocycles. The van der Waals surface area contributed by atoms with Crippen molar-refractivity contribution in [3.63, 3.8) is 0 Å². The molecule has 0 bridgehead atoms. The summed E-state index contributed by atoms with van der Waals surface area (Å²) in [5, 5.41) is 6.38. The Balaban J connectivity index is 1.65. The van der Waals surface area contributed by atoms with E-state index < -0.39 is 0 Å². The number of aromatic amines is 1. The van der Waals surface area contributed by atoms with Gasteiger partial charge >= 0.3 is 0 Å². The lowest BCUT2D eigenvalue weighted by molar-refractivity contribution is 0.500. The molecule has 0 saturated heterocycles. The molecule has 5 heteroatoms. The average molecular weight is 404 g/mol. The minimum atomic E-state index is -0.116. The molecule has 4 aromatic rings. The van der Waals surface area contributed by atoms with Crippen molar-refractivity contribution < 1.29 is 0 Å². The highest BCUT2D eigenvalue weighted by molar-refractivity contribution is 7.10. The maximum absolute atomic E-state index is 12.5. The second kappa shape index (κ2) is 8.72. The Morgan fingerprint density at radius 2 is 1.86 bits per heavy atom. The van der Waals surface area contributed by atoms with Crippen molar-refractivity contribution >= 4 is 22.2 Å². The number of fused-ring (bicyclic) bond motifs is 1. The molecule has 4 rings (SSSR count). The van der Waals surface area contributed by atoms with Crippen molar-refractivity contribution in [2.24, 2.45) is 0 Å². The van der Waals surface area contributed by atoms with Crippen LogP contribution in [-0.2, 0) is 6.42 Å². The van der Waals surface area contributed by atoms with Crippen molar-refractivity contribution in [1.82, 2.24) is 15.3 Å². The van der Waals surface area contributed by atoms with Crippen LogP contribution in [0.4, 0.5) is 0 Å². The van der Waals surface area contributed by atoms with E-state index in [0.29, 0.717) is 11.2 Å². The summed E-state index contributed by atoms with van der Waals surface area (Å²) < 4.78 is 0. The van der Waals surface area contributed by atoms with Crippen LogP contribution in [0.25, 0.3) is 10.9 Å². The van der Waals surface area contributed by atoms with Gasteiger partial charge in [0.1, 0.15) is 5.82 Å². The number of hydrogen-bond acceptors (Lipinski definition) is 4. The third kappa shape index (κ3) is 4.31. The number of para-hydroxylation sites is 1. The molecule has 0 amide bonds. The summed E-state index contributed by atoms with van der Waals surface area (Å²) in [6, 6.07) is 20.4. The van der Waals surface area contributed by atoms with Gasteiger partial charge in [-0.25, -0.2) is 4.98 Å². The lowest BCUT2D eigenvalue weighted by Crippen LogP contribution is -2.28. The summed E-state index contributed by atoms with van der Waals surface area (Å²) in [6.45, 7) is 4.24. The number of aromatic nitrogens is 2. The van der Waals surface area contributed by atoms with Gasteiger partial charge in [-0.15, -0.1) is 11.3 Å². The number of nitrogens with one attached hydrogen (secondary N) is 2. The lowest BCUT2D eigenvalue weighted by Gasteiger charge is -2.23. The molecule has 148 valence electrons. The van der Waals surface area contributed by atoms with Gasteiger partial charge in [0.05, 0.1) is 23.0 Å². The van der Waals surface area contributed by atoms with Crippen LogP contribution in [0.15, 0.2) is 70.8 Å². The summed E-state index contributed by atoms with van der Waals surface area (Å²) in [5.74, 6) is 0.651. The molecule has 2 aromatic carbocycles. The van der Waals surface area contributed by atoms with E-state index in [0.717, 1.165) is 18.4 Å². The van der Waals surface area contributed by atoms with Gasteiger partial charge in [0.25, 0.3) is 5.56 Å². The fourth-order valence-electron chi connectivity index (χ4n) is 3.60. The molecule has 0 aliphatic carbocycles. The fourth-order valence-corrected chi connectivity index (χ4v) is 4.41. The molecule has 29 heavy (non-hydrogen) atoms. The summed E-state index contributed by atoms with van der Waals surface area (Å²) in [6.07, 6.45) is 2.24. The van der Waals surface area contributed by atoms with E-state index >= 15 is 0 Å². The van der Waals surface area contributed by atoms with Gasteiger partial charge in [0.2, 0.25) is 0 Å². The normalized spacial score (nSPS) is 13.4. The molecule has 2 aromatic heterocycles. The standard InChI is InChI=1S/C24H25N3OS/c1-3-7-17-11-13-18(14-12-17)22(21-10-6-15-29-21)25-16(2)23-26-20-9-5-4-8-19(20)24(28)27-23/h4-6,8-16,22,25H,3,7H2,1-2H3,(H,26,27,28)/t16-,22+/m0/s1. The second-order valence-corrected chi connectivity index (χ2v) is 8.28. The molecular formula is C24H25N3OS. The van der Waals surface area contributed by atoms with E-state index in [1.165, 1.54) is 16.0 Å². The first-order chi connectivity index (χ1) is 14.2.